The number of rotatable bonds is 5. The molecule has 2 heterocycles. The number of nitrogens with one attached hydrogen (secondary N) is 2. The fourth-order valence-electron chi connectivity index (χ4n) is 3.46. The Balaban J connectivity index is 1.49. The Labute approximate surface area is 149 Å². The molecule has 1 saturated heterocycles. The Kier molecular flexibility index (Phi) is 6.02. The van der Waals surface area contributed by atoms with E-state index in [9.17, 15) is 4.79 Å². The third-order valence-electron chi connectivity index (χ3n) is 4.59. The highest BCUT2D eigenvalue weighted by Crippen LogP contribution is 2.31. The quantitative estimate of drug-likeness (QED) is 0.858. The summed E-state index contributed by atoms with van der Waals surface area (Å²) in [6.45, 7) is 8.93. The van der Waals surface area contributed by atoms with E-state index in [1.54, 1.807) is 0 Å². The van der Waals surface area contributed by atoms with Crippen molar-refractivity contribution < 1.29 is 14.3 Å². The maximum Gasteiger partial charge on any atom is 0.314 e. The topological polar surface area (TPSA) is 62.8 Å². The molecular weight excluding hydrogens is 318 g/mol. The lowest BCUT2D eigenvalue weighted by Gasteiger charge is -2.33. The second kappa shape index (κ2) is 8.43. The number of benzene rings is 1. The lowest BCUT2D eigenvalue weighted by molar-refractivity contribution is 0.161. The third kappa shape index (κ3) is 5.26. The van der Waals surface area contributed by atoms with E-state index >= 15 is 0 Å². The van der Waals surface area contributed by atoms with Gasteiger partial charge in [0.15, 0.2) is 11.5 Å². The molecule has 2 aliphatic heterocycles. The van der Waals surface area contributed by atoms with Crippen LogP contribution in [-0.4, -0.2) is 49.8 Å². The molecule has 3 rings (SSSR count). The van der Waals surface area contributed by atoms with Gasteiger partial charge in [-0.05, 0) is 56.8 Å². The average molecular weight is 347 g/mol. The van der Waals surface area contributed by atoms with E-state index in [-0.39, 0.29) is 12.1 Å². The van der Waals surface area contributed by atoms with Crippen LogP contribution in [0.4, 0.5) is 4.79 Å². The molecule has 6 nitrogen and oxygen atoms in total. The molecule has 1 aromatic carbocycles. The minimum absolute atomic E-state index is 0.0704. The number of likely N-dealkylation sites (tertiary alicyclic amines) is 1. The van der Waals surface area contributed by atoms with Crippen LogP contribution in [-0.2, 0) is 6.54 Å². The molecule has 0 spiro atoms. The largest absolute Gasteiger partial charge is 0.486 e. The fraction of sp³-hybridized carbons (Fsp3) is 0.632. The molecule has 1 atom stereocenters. The molecule has 6 heteroatoms. The minimum Gasteiger partial charge on any atom is -0.486 e. The maximum atomic E-state index is 11.7. The van der Waals surface area contributed by atoms with Crippen molar-refractivity contribution in [2.24, 2.45) is 5.92 Å². The molecule has 0 aliphatic carbocycles. The van der Waals surface area contributed by atoms with Crippen LogP contribution in [0.3, 0.4) is 0 Å². The van der Waals surface area contributed by atoms with E-state index < -0.39 is 0 Å². The van der Waals surface area contributed by atoms with Crippen molar-refractivity contribution in [1.29, 1.82) is 0 Å². The number of carbonyl (C=O) groups excluding carboxylic acids is 1. The molecule has 0 aromatic heterocycles. The van der Waals surface area contributed by atoms with E-state index in [2.05, 4.69) is 27.7 Å². The fourth-order valence-corrected chi connectivity index (χ4v) is 3.46. The van der Waals surface area contributed by atoms with Crippen LogP contribution in [0.1, 0.15) is 32.3 Å². The molecule has 1 fully saturated rings. The van der Waals surface area contributed by atoms with Crippen molar-refractivity contribution in [3.63, 3.8) is 0 Å². The van der Waals surface area contributed by atoms with Crippen molar-refractivity contribution >= 4 is 6.03 Å². The number of nitrogens with zero attached hydrogens (tertiary/aromatic N) is 1. The molecule has 2 N–H and O–H groups in total. The maximum absolute atomic E-state index is 11.7. The van der Waals surface area contributed by atoms with Crippen LogP contribution in [0.5, 0.6) is 11.5 Å². The highest BCUT2D eigenvalue weighted by molar-refractivity contribution is 5.74. The minimum atomic E-state index is -0.0704. The Morgan fingerprint density at radius 1 is 1.28 bits per heavy atom. The summed E-state index contributed by atoms with van der Waals surface area (Å²) in [6.07, 6.45) is 2.34. The highest BCUT2D eigenvalue weighted by atomic mass is 16.6. The first-order valence-corrected chi connectivity index (χ1v) is 9.25. The van der Waals surface area contributed by atoms with Gasteiger partial charge in [-0.25, -0.2) is 4.79 Å². The first kappa shape index (κ1) is 17.9. The highest BCUT2D eigenvalue weighted by Gasteiger charge is 2.21. The van der Waals surface area contributed by atoms with E-state index in [4.69, 9.17) is 9.47 Å². The zero-order chi connectivity index (χ0) is 17.6. The standard InChI is InChI=1S/C19H29N3O3/c1-14(2)21-19(23)20-11-16-4-3-7-22(13-16)12-15-5-6-17-18(10-15)25-9-8-24-17/h5-6,10,14,16H,3-4,7-9,11-13H2,1-2H3,(H2,20,21,23)/t16-/m1/s1. The SMILES string of the molecule is CC(C)NC(=O)NC[C@H]1CCCN(Cc2ccc3c(c2)OCCO3)C1. The number of fused-ring (bicyclic) bond motifs is 1. The van der Waals surface area contributed by atoms with Crippen molar-refractivity contribution in [2.75, 3.05) is 32.8 Å². The van der Waals surface area contributed by atoms with Crippen molar-refractivity contribution in [2.45, 2.75) is 39.3 Å². The second-order valence-corrected chi connectivity index (χ2v) is 7.23. The summed E-state index contributed by atoms with van der Waals surface area (Å²) in [5.74, 6) is 2.19. The van der Waals surface area contributed by atoms with E-state index in [1.807, 2.05) is 19.9 Å². The van der Waals surface area contributed by atoms with Gasteiger partial charge in [0.2, 0.25) is 0 Å². The smallest absolute Gasteiger partial charge is 0.314 e. The number of amides is 2. The lowest BCUT2D eigenvalue weighted by atomic mass is 9.97. The summed E-state index contributed by atoms with van der Waals surface area (Å²) in [7, 11) is 0. The number of urea groups is 1. The predicted octanol–water partition coefficient (Wildman–Crippen LogP) is 2.38. The van der Waals surface area contributed by atoms with Gasteiger partial charge in [0.1, 0.15) is 13.2 Å². The molecule has 1 aromatic rings. The third-order valence-corrected chi connectivity index (χ3v) is 4.59. The van der Waals surface area contributed by atoms with E-state index in [1.165, 1.54) is 18.4 Å². The monoisotopic (exact) mass is 347 g/mol. The van der Waals surface area contributed by atoms with Gasteiger partial charge in [-0.3, -0.25) is 4.90 Å². The predicted molar refractivity (Wildman–Crippen MR) is 97.1 cm³/mol. The number of carbonyl (C=O) groups is 1. The van der Waals surface area contributed by atoms with Crippen LogP contribution < -0.4 is 20.1 Å². The van der Waals surface area contributed by atoms with Crippen LogP contribution in [0.25, 0.3) is 0 Å². The van der Waals surface area contributed by atoms with Gasteiger partial charge < -0.3 is 20.1 Å². The summed E-state index contributed by atoms with van der Waals surface area (Å²) in [5, 5.41) is 5.87. The Hall–Kier alpha value is -1.95. The van der Waals surface area contributed by atoms with Gasteiger partial charge in [-0.15, -0.1) is 0 Å². The lowest BCUT2D eigenvalue weighted by Crippen LogP contribution is -2.45. The van der Waals surface area contributed by atoms with Gasteiger partial charge >= 0.3 is 6.03 Å². The Bertz CT molecular complexity index is 591. The van der Waals surface area contributed by atoms with Crippen LogP contribution in [0.2, 0.25) is 0 Å². The molecule has 25 heavy (non-hydrogen) atoms. The van der Waals surface area contributed by atoms with Crippen molar-refractivity contribution in [3.05, 3.63) is 23.8 Å². The van der Waals surface area contributed by atoms with E-state index in [0.29, 0.717) is 19.1 Å². The molecule has 2 amide bonds. The molecule has 0 radical (unpaired) electrons. The molecular formula is C19H29N3O3. The summed E-state index contributed by atoms with van der Waals surface area (Å²) < 4.78 is 11.3. The summed E-state index contributed by atoms with van der Waals surface area (Å²) in [5.41, 5.74) is 1.25. The summed E-state index contributed by atoms with van der Waals surface area (Å²) in [6, 6.07) is 6.30. The number of hydrogen-bond acceptors (Lipinski definition) is 4. The average Bonchev–Trinajstić information content (AvgIpc) is 2.60. The van der Waals surface area contributed by atoms with Gasteiger partial charge in [0, 0.05) is 25.7 Å². The molecule has 138 valence electrons. The molecule has 2 aliphatic rings. The number of ether oxygens (including phenoxy) is 2. The van der Waals surface area contributed by atoms with Crippen molar-refractivity contribution in [3.8, 4) is 11.5 Å². The van der Waals surface area contributed by atoms with Crippen LogP contribution >= 0.6 is 0 Å². The number of hydrogen-bond donors (Lipinski definition) is 2. The molecule has 0 saturated carbocycles. The Morgan fingerprint density at radius 2 is 2.08 bits per heavy atom. The van der Waals surface area contributed by atoms with Crippen molar-refractivity contribution in [1.82, 2.24) is 15.5 Å². The first-order valence-electron chi connectivity index (χ1n) is 9.25. The zero-order valence-corrected chi connectivity index (χ0v) is 15.2. The van der Waals surface area contributed by atoms with E-state index in [0.717, 1.165) is 37.7 Å². The molecule has 0 bridgehead atoms. The first-order chi connectivity index (χ1) is 12.1. The van der Waals surface area contributed by atoms with Gasteiger partial charge in [0.25, 0.3) is 0 Å². The Morgan fingerprint density at radius 3 is 2.88 bits per heavy atom. The zero-order valence-electron chi connectivity index (χ0n) is 15.2. The van der Waals surface area contributed by atoms with Gasteiger partial charge in [0.05, 0.1) is 0 Å². The van der Waals surface area contributed by atoms with Gasteiger partial charge in [-0.2, -0.15) is 0 Å². The number of piperidine rings is 1. The van der Waals surface area contributed by atoms with Crippen LogP contribution in [0, 0.1) is 5.92 Å². The van der Waals surface area contributed by atoms with Gasteiger partial charge in [-0.1, -0.05) is 6.07 Å². The molecule has 0 unspecified atom stereocenters. The second-order valence-electron chi connectivity index (χ2n) is 7.23. The summed E-state index contributed by atoms with van der Waals surface area (Å²) >= 11 is 0. The normalized spacial score (nSPS) is 20.4. The van der Waals surface area contributed by atoms with Crippen LogP contribution in [0.15, 0.2) is 18.2 Å². The summed E-state index contributed by atoms with van der Waals surface area (Å²) in [4.78, 5) is 14.2.